The summed E-state index contributed by atoms with van der Waals surface area (Å²) in [5.41, 5.74) is 4.62. The number of rotatable bonds is 3. The molecule has 2 aromatic heterocycles. The van der Waals surface area contributed by atoms with Crippen LogP contribution in [0.3, 0.4) is 0 Å². The quantitative estimate of drug-likeness (QED) is 0.634. The second kappa shape index (κ2) is 4.53. The van der Waals surface area contributed by atoms with Crippen LogP contribution in [0, 0.1) is 0 Å². The minimum Gasteiger partial charge on any atom is -0.352 e. The fourth-order valence-corrected chi connectivity index (χ4v) is 1.51. The van der Waals surface area contributed by atoms with Crippen LogP contribution in [0.15, 0.2) is 9.59 Å². The normalized spacial score (nSPS) is 10.8. The highest BCUT2D eigenvalue weighted by molar-refractivity contribution is 5.69. The van der Waals surface area contributed by atoms with Crippen LogP contribution < -0.4 is 22.3 Å². The Morgan fingerprint density at radius 2 is 1.94 bits per heavy atom. The molecule has 0 spiro atoms. The van der Waals surface area contributed by atoms with E-state index in [2.05, 4.69) is 20.5 Å². The number of nitrogens with one attached hydrogen (secondary N) is 1. The minimum absolute atomic E-state index is 0.0918. The highest BCUT2D eigenvalue weighted by atomic mass is 16.2. The van der Waals surface area contributed by atoms with Crippen molar-refractivity contribution >= 4 is 17.1 Å². The lowest BCUT2D eigenvalue weighted by Crippen LogP contribution is -2.38. The summed E-state index contributed by atoms with van der Waals surface area (Å²) in [7, 11) is 2.90. The first-order valence-corrected chi connectivity index (χ1v) is 5.30. The average Bonchev–Trinajstić information content (AvgIpc) is 2.40. The Morgan fingerprint density at radius 3 is 2.61 bits per heavy atom. The predicted molar refractivity (Wildman–Crippen MR) is 65.4 cm³/mol. The van der Waals surface area contributed by atoms with Gasteiger partial charge in [-0.25, -0.2) is 9.78 Å². The van der Waals surface area contributed by atoms with E-state index in [1.807, 2.05) is 0 Å². The third kappa shape index (κ3) is 1.84. The van der Waals surface area contributed by atoms with Gasteiger partial charge in [0, 0.05) is 27.2 Å². The summed E-state index contributed by atoms with van der Waals surface area (Å²) in [6.45, 7) is 0.881. The summed E-state index contributed by atoms with van der Waals surface area (Å²) in [6.07, 6.45) is 0. The van der Waals surface area contributed by atoms with Crippen molar-refractivity contribution < 1.29 is 0 Å². The van der Waals surface area contributed by atoms with Gasteiger partial charge in [0.15, 0.2) is 11.2 Å². The highest BCUT2D eigenvalue weighted by Crippen LogP contribution is 2.02. The largest absolute Gasteiger partial charge is 0.352 e. The van der Waals surface area contributed by atoms with Gasteiger partial charge in [0.05, 0.1) is 0 Å². The number of fused-ring (bicyclic) bond motifs is 1. The van der Waals surface area contributed by atoms with Crippen molar-refractivity contribution in [1.82, 2.24) is 24.3 Å². The smallest absolute Gasteiger partial charge is 0.332 e. The zero-order valence-electron chi connectivity index (χ0n) is 10.0. The maximum absolute atomic E-state index is 11.9. The Morgan fingerprint density at radius 1 is 1.22 bits per heavy atom. The Bertz CT molecular complexity index is 702. The van der Waals surface area contributed by atoms with Gasteiger partial charge < -0.3 is 11.1 Å². The summed E-state index contributed by atoms with van der Waals surface area (Å²) in [4.78, 5) is 27.6. The first-order chi connectivity index (χ1) is 8.56. The van der Waals surface area contributed by atoms with Crippen LogP contribution in [0.5, 0.6) is 0 Å². The molecule has 0 atom stereocenters. The van der Waals surface area contributed by atoms with Crippen molar-refractivity contribution in [2.75, 3.05) is 18.4 Å². The second-order valence-electron chi connectivity index (χ2n) is 3.73. The lowest BCUT2D eigenvalue weighted by molar-refractivity contribution is 0.698. The zero-order valence-corrected chi connectivity index (χ0v) is 10.0. The van der Waals surface area contributed by atoms with Gasteiger partial charge in [0.2, 0.25) is 5.95 Å². The monoisotopic (exact) mass is 251 g/mol. The first-order valence-electron chi connectivity index (χ1n) is 5.30. The van der Waals surface area contributed by atoms with E-state index in [0.29, 0.717) is 13.1 Å². The topological polar surface area (TPSA) is 121 Å². The molecule has 96 valence electrons. The molecule has 9 heteroatoms. The van der Waals surface area contributed by atoms with Gasteiger partial charge in [-0.15, -0.1) is 10.2 Å². The molecule has 0 aromatic carbocycles. The van der Waals surface area contributed by atoms with E-state index in [-0.39, 0.29) is 17.1 Å². The molecule has 0 fully saturated rings. The van der Waals surface area contributed by atoms with Crippen LogP contribution in [-0.2, 0) is 14.1 Å². The van der Waals surface area contributed by atoms with Gasteiger partial charge in [0.1, 0.15) is 0 Å². The maximum atomic E-state index is 11.9. The fourth-order valence-electron chi connectivity index (χ4n) is 1.51. The van der Waals surface area contributed by atoms with Crippen LogP contribution in [0.4, 0.5) is 5.95 Å². The van der Waals surface area contributed by atoms with E-state index in [1.165, 1.54) is 18.7 Å². The molecular formula is C9H13N7O2. The van der Waals surface area contributed by atoms with Crippen molar-refractivity contribution in [3.8, 4) is 0 Å². The SMILES string of the molecule is Cn1c(=O)c2nc(NCCN)nnc2n(C)c1=O. The number of nitrogens with two attached hydrogens (primary N) is 1. The number of aryl methyl sites for hydroxylation is 1. The van der Waals surface area contributed by atoms with Crippen molar-refractivity contribution in [1.29, 1.82) is 0 Å². The summed E-state index contributed by atoms with van der Waals surface area (Å²) >= 11 is 0. The molecule has 0 aliphatic heterocycles. The lowest BCUT2D eigenvalue weighted by Gasteiger charge is -2.06. The summed E-state index contributed by atoms with van der Waals surface area (Å²) < 4.78 is 2.20. The number of nitrogens with zero attached hydrogens (tertiary/aromatic N) is 5. The average molecular weight is 251 g/mol. The van der Waals surface area contributed by atoms with Gasteiger partial charge in [-0.3, -0.25) is 13.9 Å². The fraction of sp³-hybridized carbons (Fsp3) is 0.444. The molecule has 2 heterocycles. The van der Waals surface area contributed by atoms with E-state index >= 15 is 0 Å². The molecular weight excluding hydrogens is 238 g/mol. The highest BCUT2D eigenvalue weighted by Gasteiger charge is 2.12. The van der Waals surface area contributed by atoms with Crippen LogP contribution in [0.1, 0.15) is 0 Å². The number of hydrogen-bond donors (Lipinski definition) is 2. The van der Waals surface area contributed by atoms with Gasteiger partial charge >= 0.3 is 5.69 Å². The van der Waals surface area contributed by atoms with E-state index in [4.69, 9.17) is 5.73 Å². The molecule has 0 amide bonds. The molecule has 0 radical (unpaired) electrons. The maximum Gasteiger partial charge on any atom is 0.332 e. The molecule has 18 heavy (non-hydrogen) atoms. The predicted octanol–water partition coefficient (Wildman–Crippen LogP) is -2.21. The van der Waals surface area contributed by atoms with Gasteiger partial charge in [-0.2, -0.15) is 0 Å². The molecule has 0 saturated carbocycles. The molecule has 0 aliphatic rings. The summed E-state index contributed by atoms with van der Waals surface area (Å²) in [6, 6.07) is 0. The van der Waals surface area contributed by atoms with Crippen molar-refractivity contribution in [2.45, 2.75) is 0 Å². The van der Waals surface area contributed by atoms with Crippen molar-refractivity contribution in [2.24, 2.45) is 19.8 Å². The number of hydrogen-bond acceptors (Lipinski definition) is 7. The molecule has 2 rings (SSSR count). The molecule has 0 bridgehead atoms. The summed E-state index contributed by atoms with van der Waals surface area (Å²) in [5.74, 6) is 0.212. The van der Waals surface area contributed by atoms with Crippen LogP contribution >= 0.6 is 0 Å². The third-order valence-electron chi connectivity index (χ3n) is 2.50. The lowest BCUT2D eigenvalue weighted by atomic mass is 10.5. The van der Waals surface area contributed by atoms with E-state index in [1.54, 1.807) is 0 Å². The Kier molecular flexibility index (Phi) is 3.06. The van der Waals surface area contributed by atoms with Crippen molar-refractivity contribution in [3.63, 3.8) is 0 Å². The van der Waals surface area contributed by atoms with E-state index in [9.17, 15) is 9.59 Å². The zero-order chi connectivity index (χ0) is 13.3. The summed E-state index contributed by atoms with van der Waals surface area (Å²) in [5, 5.41) is 10.4. The van der Waals surface area contributed by atoms with Crippen LogP contribution in [0.25, 0.3) is 11.2 Å². The Balaban J connectivity index is 2.70. The molecule has 0 saturated heterocycles. The van der Waals surface area contributed by atoms with Crippen LogP contribution in [-0.4, -0.2) is 37.4 Å². The van der Waals surface area contributed by atoms with Crippen molar-refractivity contribution in [3.05, 3.63) is 20.8 Å². The van der Waals surface area contributed by atoms with Gasteiger partial charge in [-0.05, 0) is 0 Å². The Hall–Kier alpha value is -2.29. The standard InChI is InChI=1S/C9H13N7O2/c1-15-6-5(7(17)16(2)9(15)18)12-8(14-13-6)11-4-3-10/h3-4,10H2,1-2H3,(H,11,12,14). The number of aromatic nitrogens is 5. The van der Waals surface area contributed by atoms with E-state index < -0.39 is 11.2 Å². The molecule has 0 aliphatic carbocycles. The first kappa shape index (κ1) is 12.2. The van der Waals surface area contributed by atoms with Gasteiger partial charge in [0.25, 0.3) is 5.56 Å². The molecule has 3 N–H and O–H groups in total. The van der Waals surface area contributed by atoms with Crippen LogP contribution in [0.2, 0.25) is 0 Å². The Labute approximate surface area is 101 Å². The molecule has 2 aromatic rings. The second-order valence-corrected chi connectivity index (χ2v) is 3.73. The number of anilines is 1. The molecule has 9 nitrogen and oxygen atoms in total. The van der Waals surface area contributed by atoms with E-state index in [0.717, 1.165) is 4.57 Å². The molecule has 0 unspecified atom stereocenters. The third-order valence-corrected chi connectivity index (χ3v) is 2.50. The minimum atomic E-state index is -0.501. The van der Waals surface area contributed by atoms with Gasteiger partial charge in [-0.1, -0.05) is 0 Å².